The van der Waals surface area contributed by atoms with Gasteiger partial charge in [-0.25, -0.2) is 0 Å². The van der Waals surface area contributed by atoms with Crippen molar-refractivity contribution >= 4 is 33.4 Å². The van der Waals surface area contributed by atoms with Gasteiger partial charge >= 0.3 is 6.36 Å². The molecular weight excluding hydrogens is 367 g/mol. The minimum Gasteiger partial charge on any atom is -0.404 e. The van der Waals surface area contributed by atoms with E-state index in [1.165, 1.54) is 6.07 Å². The van der Waals surface area contributed by atoms with Gasteiger partial charge in [0.05, 0.1) is 5.69 Å². The smallest absolute Gasteiger partial charge is 0.404 e. The third-order valence-electron chi connectivity index (χ3n) is 3.14. The van der Waals surface area contributed by atoms with Gasteiger partial charge in [0.25, 0.3) is 0 Å². The molecule has 0 aromatic heterocycles. The highest BCUT2D eigenvalue weighted by atomic mass is 79.9. The van der Waals surface area contributed by atoms with Gasteiger partial charge in [0.15, 0.2) is 5.75 Å². The lowest BCUT2D eigenvalue weighted by Crippen LogP contribution is -2.35. The van der Waals surface area contributed by atoms with Gasteiger partial charge in [-0.15, -0.1) is 13.2 Å². The van der Waals surface area contributed by atoms with Crippen LogP contribution < -0.4 is 10.1 Å². The molecule has 1 saturated heterocycles. The summed E-state index contributed by atoms with van der Waals surface area (Å²) in [5.74, 6) is 1.74. The van der Waals surface area contributed by atoms with Crippen molar-refractivity contribution in [3.8, 4) is 5.75 Å². The minimum absolute atomic E-state index is 0.135. The summed E-state index contributed by atoms with van der Waals surface area (Å²) in [7, 11) is 0. The second kappa shape index (κ2) is 6.28. The molecule has 21 heavy (non-hydrogen) atoms. The summed E-state index contributed by atoms with van der Waals surface area (Å²) in [6, 6.07) is 4.77. The fraction of sp³-hybridized carbons (Fsp3) is 0.571. The van der Waals surface area contributed by atoms with E-state index in [1.54, 1.807) is 12.1 Å². The van der Waals surface area contributed by atoms with Crippen LogP contribution in [0.15, 0.2) is 22.7 Å². The Balaban J connectivity index is 2.15. The Bertz CT molecular complexity index is 507. The molecule has 1 aliphatic rings. The maximum absolute atomic E-state index is 12.5. The lowest BCUT2D eigenvalue weighted by molar-refractivity contribution is -0.274. The van der Waals surface area contributed by atoms with Gasteiger partial charge in [0.1, 0.15) is 0 Å². The maximum Gasteiger partial charge on any atom is 0.573 e. The van der Waals surface area contributed by atoms with Crippen LogP contribution in [0.5, 0.6) is 5.75 Å². The molecule has 0 amide bonds. The van der Waals surface area contributed by atoms with Crippen LogP contribution in [0.3, 0.4) is 0 Å². The van der Waals surface area contributed by atoms with Gasteiger partial charge in [0, 0.05) is 16.3 Å². The highest BCUT2D eigenvalue weighted by Crippen LogP contribution is 2.38. The summed E-state index contributed by atoms with van der Waals surface area (Å²) < 4.78 is 42.1. The lowest BCUT2D eigenvalue weighted by atomic mass is 9.88. The van der Waals surface area contributed by atoms with Crippen LogP contribution >= 0.6 is 27.7 Å². The first kappa shape index (κ1) is 16.8. The van der Waals surface area contributed by atoms with Gasteiger partial charge in [0.2, 0.25) is 0 Å². The monoisotopic (exact) mass is 383 g/mol. The molecule has 0 bridgehead atoms. The van der Waals surface area contributed by atoms with Crippen molar-refractivity contribution in [2.75, 3.05) is 16.8 Å². The van der Waals surface area contributed by atoms with Gasteiger partial charge in [-0.1, -0.05) is 29.8 Å². The Morgan fingerprint density at radius 1 is 1.38 bits per heavy atom. The van der Waals surface area contributed by atoms with Crippen molar-refractivity contribution in [1.82, 2.24) is 0 Å². The third-order valence-corrected chi connectivity index (χ3v) is 5.26. The molecule has 1 N–H and O–H groups in total. The molecule has 1 aliphatic heterocycles. The molecule has 2 rings (SSSR count). The molecule has 1 atom stereocenters. The molecule has 0 spiro atoms. The van der Waals surface area contributed by atoms with Gasteiger partial charge < -0.3 is 10.1 Å². The highest BCUT2D eigenvalue weighted by Gasteiger charge is 2.33. The van der Waals surface area contributed by atoms with Crippen molar-refractivity contribution < 1.29 is 17.9 Å². The third kappa shape index (κ3) is 5.29. The van der Waals surface area contributed by atoms with E-state index in [2.05, 4.69) is 39.8 Å². The van der Waals surface area contributed by atoms with Gasteiger partial charge in [-0.2, -0.15) is 11.8 Å². The molecule has 2 nitrogen and oxygen atoms in total. The van der Waals surface area contributed by atoms with Crippen molar-refractivity contribution in [3.63, 3.8) is 0 Å². The molecule has 1 unspecified atom stereocenters. The largest absolute Gasteiger partial charge is 0.573 e. The van der Waals surface area contributed by atoms with E-state index in [9.17, 15) is 13.2 Å². The zero-order valence-corrected chi connectivity index (χ0v) is 14.2. The molecule has 118 valence electrons. The lowest BCUT2D eigenvalue weighted by Gasteiger charge is -2.35. The fourth-order valence-electron chi connectivity index (χ4n) is 2.40. The Morgan fingerprint density at radius 2 is 2.10 bits per heavy atom. The number of halogens is 4. The normalized spacial score (nSPS) is 21.9. The van der Waals surface area contributed by atoms with E-state index < -0.39 is 6.36 Å². The standard InChI is InChI=1S/C14H17BrF3NOS/c1-13(2)6-10(7-21-8-13)19-11-4-3-9(15)5-12(11)20-14(16,17)18/h3-5,10,19H,6-8H2,1-2H3. The van der Waals surface area contributed by atoms with Crippen molar-refractivity contribution in [2.45, 2.75) is 32.7 Å². The molecule has 1 heterocycles. The van der Waals surface area contributed by atoms with Crippen LogP contribution in [0.1, 0.15) is 20.3 Å². The molecule has 1 aromatic carbocycles. The predicted molar refractivity (Wildman–Crippen MR) is 84.0 cm³/mol. The zero-order valence-electron chi connectivity index (χ0n) is 11.8. The van der Waals surface area contributed by atoms with Crippen molar-refractivity contribution in [1.29, 1.82) is 0 Å². The number of thioether (sulfide) groups is 1. The number of nitrogens with one attached hydrogen (secondary N) is 1. The second-order valence-electron chi connectivity index (χ2n) is 5.91. The molecule has 0 radical (unpaired) electrons. The number of alkyl halides is 3. The van der Waals surface area contributed by atoms with Crippen LogP contribution in [0.25, 0.3) is 0 Å². The van der Waals surface area contributed by atoms with Crippen molar-refractivity contribution in [2.24, 2.45) is 5.41 Å². The Labute approximate surface area is 134 Å². The SMILES string of the molecule is CC1(C)CSCC(Nc2ccc(Br)cc2OC(F)(F)F)C1. The molecular formula is C14H17BrF3NOS. The average molecular weight is 384 g/mol. The second-order valence-corrected chi connectivity index (χ2v) is 7.86. The average Bonchev–Trinajstić information content (AvgIpc) is 2.29. The predicted octanol–water partition coefficient (Wildman–Crippen LogP) is 5.29. The van der Waals surface area contributed by atoms with E-state index in [1.807, 2.05) is 11.8 Å². The molecule has 7 heteroatoms. The maximum atomic E-state index is 12.5. The summed E-state index contributed by atoms with van der Waals surface area (Å²) >= 11 is 4.98. The molecule has 0 saturated carbocycles. The first-order chi connectivity index (χ1) is 9.65. The Hall–Kier alpha value is -0.560. The topological polar surface area (TPSA) is 21.3 Å². The van der Waals surface area contributed by atoms with Crippen LogP contribution in [-0.4, -0.2) is 23.9 Å². The van der Waals surface area contributed by atoms with E-state index in [-0.39, 0.29) is 17.2 Å². The van der Waals surface area contributed by atoms with E-state index in [0.29, 0.717) is 10.2 Å². The summed E-state index contributed by atoms with van der Waals surface area (Å²) in [6.07, 6.45) is -3.78. The molecule has 1 aromatic rings. The van der Waals surface area contributed by atoms with Crippen LogP contribution in [0, 0.1) is 5.41 Å². The summed E-state index contributed by atoms with van der Waals surface area (Å²) in [5.41, 5.74) is 0.555. The summed E-state index contributed by atoms with van der Waals surface area (Å²) in [6.45, 7) is 4.34. The highest BCUT2D eigenvalue weighted by molar-refractivity contribution is 9.10. The van der Waals surface area contributed by atoms with E-state index >= 15 is 0 Å². The quantitative estimate of drug-likeness (QED) is 0.765. The Kier molecular flexibility index (Phi) is 5.03. The number of hydrogen-bond donors (Lipinski definition) is 1. The number of anilines is 1. The van der Waals surface area contributed by atoms with Crippen LogP contribution in [0.4, 0.5) is 18.9 Å². The number of ether oxygens (including phenoxy) is 1. The number of hydrogen-bond acceptors (Lipinski definition) is 3. The minimum atomic E-state index is -4.70. The van der Waals surface area contributed by atoms with Gasteiger partial charge in [-0.05, 0) is 35.8 Å². The van der Waals surface area contributed by atoms with E-state index in [0.717, 1.165) is 17.9 Å². The van der Waals surface area contributed by atoms with Gasteiger partial charge in [-0.3, -0.25) is 0 Å². The first-order valence-electron chi connectivity index (χ1n) is 6.54. The number of rotatable bonds is 3. The van der Waals surface area contributed by atoms with E-state index in [4.69, 9.17) is 0 Å². The first-order valence-corrected chi connectivity index (χ1v) is 8.49. The molecule has 0 aliphatic carbocycles. The summed E-state index contributed by atoms with van der Waals surface area (Å²) in [4.78, 5) is 0. The fourth-order valence-corrected chi connectivity index (χ4v) is 4.01. The molecule has 1 fully saturated rings. The number of benzene rings is 1. The zero-order chi connectivity index (χ0) is 15.7. The Morgan fingerprint density at radius 3 is 2.71 bits per heavy atom. The summed E-state index contributed by atoms with van der Waals surface area (Å²) in [5, 5.41) is 3.19. The van der Waals surface area contributed by atoms with Crippen molar-refractivity contribution in [3.05, 3.63) is 22.7 Å². The van der Waals surface area contributed by atoms with Crippen LogP contribution in [0.2, 0.25) is 0 Å². The van der Waals surface area contributed by atoms with Crippen LogP contribution in [-0.2, 0) is 0 Å².